The lowest BCUT2D eigenvalue weighted by Gasteiger charge is -2.41. The number of hydrogen-bond acceptors (Lipinski definition) is 1. The highest BCUT2D eigenvalue weighted by molar-refractivity contribution is 4.58. The van der Waals surface area contributed by atoms with Crippen molar-refractivity contribution in [2.24, 2.45) is 0 Å². The molecule has 20 heavy (non-hydrogen) atoms. The average molecular weight is 284 g/mol. The molecule has 1 saturated heterocycles. The summed E-state index contributed by atoms with van der Waals surface area (Å²) in [6, 6.07) is 0. The van der Waals surface area contributed by atoms with Gasteiger partial charge in [0.05, 0.1) is 26.7 Å². The molecule has 120 valence electrons. The van der Waals surface area contributed by atoms with E-state index in [0.717, 1.165) is 0 Å². The Morgan fingerprint density at radius 3 is 1.70 bits per heavy atom. The lowest BCUT2D eigenvalue weighted by molar-refractivity contribution is -0.913. The van der Waals surface area contributed by atoms with E-state index < -0.39 is 0 Å². The van der Waals surface area contributed by atoms with Gasteiger partial charge in [0.1, 0.15) is 0 Å². The van der Waals surface area contributed by atoms with Crippen molar-refractivity contribution in [1.29, 1.82) is 0 Å². The normalized spacial score (nSPS) is 19.4. The van der Waals surface area contributed by atoms with Crippen molar-refractivity contribution in [3.8, 4) is 0 Å². The highest BCUT2D eigenvalue weighted by atomic mass is 15.4. The van der Waals surface area contributed by atoms with E-state index in [1.54, 1.807) is 0 Å². The van der Waals surface area contributed by atoms with Gasteiger partial charge in [0.2, 0.25) is 0 Å². The summed E-state index contributed by atoms with van der Waals surface area (Å²) in [6.45, 7) is 8.98. The van der Waals surface area contributed by atoms with Gasteiger partial charge in [-0.25, -0.2) is 0 Å². The van der Waals surface area contributed by atoms with Gasteiger partial charge >= 0.3 is 0 Å². The first kappa shape index (κ1) is 18.0. The highest BCUT2D eigenvalue weighted by Crippen LogP contribution is 2.14. The molecule has 0 aliphatic carbocycles. The molecule has 0 bridgehead atoms. The molecule has 1 rings (SSSR count). The molecule has 1 aliphatic heterocycles. The molecular formula is C18H39N2+. The van der Waals surface area contributed by atoms with E-state index in [-0.39, 0.29) is 0 Å². The number of hydrogen-bond donors (Lipinski definition) is 0. The molecule has 0 N–H and O–H groups in total. The van der Waals surface area contributed by atoms with Gasteiger partial charge in [0, 0.05) is 13.1 Å². The molecule has 0 amide bonds. The zero-order valence-electron chi connectivity index (χ0n) is 14.5. The third kappa shape index (κ3) is 8.26. The summed E-state index contributed by atoms with van der Waals surface area (Å²) in [4.78, 5) is 2.47. The molecule has 2 heteroatoms. The van der Waals surface area contributed by atoms with Crippen LogP contribution in [0.15, 0.2) is 0 Å². The van der Waals surface area contributed by atoms with Crippen LogP contribution in [0.3, 0.4) is 0 Å². The molecule has 1 heterocycles. The first-order chi connectivity index (χ1) is 9.66. The van der Waals surface area contributed by atoms with Crippen LogP contribution in [0.25, 0.3) is 0 Å². The molecule has 0 atom stereocenters. The van der Waals surface area contributed by atoms with Crippen molar-refractivity contribution in [1.82, 2.24) is 4.90 Å². The Morgan fingerprint density at radius 2 is 1.20 bits per heavy atom. The Hall–Kier alpha value is -0.0800. The zero-order chi connectivity index (χ0) is 14.7. The van der Waals surface area contributed by atoms with Gasteiger partial charge in [-0.1, -0.05) is 58.3 Å². The minimum atomic E-state index is 1.29. The van der Waals surface area contributed by atoms with Gasteiger partial charge in [-0.2, -0.15) is 0 Å². The summed E-state index contributed by atoms with van der Waals surface area (Å²) in [5, 5.41) is 0. The fraction of sp³-hybridized carbons (Fsp3) is 1.00. The van der Waals surface area contributed by atoms with E-state index in [1.807, 2.05) is 0 Å². The number of quaternary nitrogens is 1. The van der Waals surface area contributed by atoms with E-state index in [4.69, 9.17) is 0 Å². The van der Waals surface area contributed by atoms with Gasteiger partial charge in [0.15, 0.2) is 0 Å². The van der Waals surface area contributed by atoms with Gasteiger partial charge < -0.3 is 4.48 Å². The van der Waals surface area contributed by atoms with E-state index in [9.17, 15) is 0 Å². The maximum atomic E-state index is 2.47. The fourth-order valence-corrected chi connectivity index (χ4v) is 3.25. The summed E-state index contributed by atoms with van der Waals surface area (Å²) in [6.07, 6.45) is 14.5. The predicted molar refractivity (Wildman–Crippen MR) is 90.1 cm³/mol. The van der Waals surface area contributed by atoms with E-state index >= 15 is 0 Å². The monoisotopic (exact) mass is 283 g/mol. The van der Waals surface area contributed by atoms with Gasteiger partial charge in [-0.3, -0.25) is 4.90 Å². The van der Waals surface area contributed by atoms with Crippen molar-refractivity contribution in [3.63, 3.8) is 0 Å². The van der Waals surface area contributed by atoms with Crippen LogP contribution in [0.5, 0.6) is 0 Å². The lowest BCUT2D eigenvalue weighted by Crippen LogP contribution is -2.56. The van der Waals surface area contributed by atoms with Crippen LogP contribution in [-0.4, -0.2) is 56.2 Å². The number of nitrogens with zero attached hydrogens (tertiary/aromatic N) is 2. The standard InChI is InChI=1S/C18H39N2/c1-4-5-6-7-8-9-10-11-12-13-16-20(3)17-14-19(2)15-18-20/h4-18H2,1-3H3/q+1. The first-order valence-corrected chi connectivity index (χ1v) is 9.18. The predicted octanol–water partition coefficient (Wildman–Crippen LogP) is 4.30. The Labute approximate surface area is 128 Å². The lowest BCUT2D eigenvalue weighted by atomic mass is 10.1. The van der Waals surface area contributed by atoms with Crippen LogP contribution in [0.1, 0.15) is 71.1 Å². The van der Waals surface area contributed by atoms with Crippen molar-refractivity contribution in [2.75, 3.05) is 46.8 Å². The third-order valence-electron chi connectivity index (χ3n) is 5.09. The molecule has 0 aromatic carbocycles. The van der Waals surface area contributed by atoms with E-state index in [0.29, 0.717) is 0 Å². The number of piperazine rings is 1. The summed E-state index contributed by atoms with van der Waals surface area (Å²) in [5.74, 6) is 0. The van der Waals surface area contributed by atoms with Gasteiger partial charge in [-0.05, 0) is 19.9 Å². The molecule has 1 fully saturated rings. The Bertz CT molecular complexity index is 219. The summed E-state index contributed by atoms with van der Waals surface area (Å²) in [5.41, 5.74) is 0. The maximum absolute atomic E-state index is 2.47. The average Bonchev–Trinajstić information content (AvgIpc) is 2.45. The fourth-order valence-electron chi connectivity index (χ4n) is 3.25. The quantitative estimate of drug-likeness (QED) is 0.404. The first-order valence-electron chi connectivity index (χ1n) is 9.18. The Kier molecular flexibility index (Phi) is 9.54. The van der Waals surface area contributed by atoms with Crippen LogP contribution >= 0.6 is 0 Å². The van der Waals surface area contributed by atoms with Gasteiger partial charge in [-0.15, -0.1) is 0 Å². The number of unbranched alkanes of at least 4 members (excludes halogenated alkanes) is 9. The maximum Gasteiger partial charge on any atom is 0.0914 e. The molecule has 1 aliphatic rings. The largest absolute Gasteiger partial charge is 0.324 e. The molecule has 2 nitrogen and oxygen atoms in total. The van der Waals surface area contributed by atoms with Crippen molar-refractivity contribution < 1.29 is 4.48 Å². The van der Waals surface area contributed by atoms with Crippen LogP contribution in [0.4, 0.5) is 0 Å². The van der Waals surface area contributed by atoms with Crippen LogP contribution in [0.2, 0.25) is 0 Å². The molecule has 0 saturated carbocycles. The van der Waals surface area contributed by atoms with Crippen molar-refractivity contribution in [3.05, 3.63) is 0 Å². The van der Waals surface area contributed by atoms with Gasteiger partial charge in [0.25, 0.3) is 0 Å². The zero-order valence-corrected chi connectivity index (χ0v) is 14.5. The SMILES string of the molecule is CCCCCCCCCCCC[N+]1(C)CCN(C)CC1. The second kappa shape index (κ2) is 10.6. The Balaban J connectivity index is 1.87. The van der Waals surface area contributed by atoms with Crippen LogP contribution in [-0.2, 0) is 0 Å². The van der Waals surface area contributed by atoms with Crippen LogP contribution in [0, 0.1) is 0 Å². The molecule has 0 aromatic heterocycles. The number of rotatable bonds is 11. The second-order valence-corrected chi connectivity index (χ2v) is 7.28. The van der Waals surface area contributed by atoms with Crippen LogP contribution < -0.4 is 0 Å². The third-order valence-corrected chi connectivity index (χ3v) is 5.09. The van der Waals surface area contributed by atoms with Crippen molar-refractivity contribution in [2.45, 2.75) is 71.1 Å². The molecule has 0 radical (unpaired) electrons. The highest BCUT2D eigenvalue weighted by Gasteiger charge is 2.26. The van der Waals surface area contributed by atoms with E-state index in [1.165, 1.54) is 101 Å². The Morgan fingerprint density at radius 1 is 0.750 bits per heavy atom. The molecule has 0 unspecified atom stereocenters. The number of likely N-dealkylation sites (N-methyl/N-ethyl adjacent to an activating group) is 2. The smallest absolute Gasteiger partial charge is 0.0914 e. The minimum absolute atomic E-state index is 1.29. The summed E-state index contributed by atoms with van der Waals surface area (Å²) < 4.78 is 1.32. The molecular weight excluding hydrogens is 244 g/mol. The molecule has 0 aromatic rings. The van der Waals surface area contributed by atoms with Crippen molar-refractivity contribution >= 4 is 0 Å². The minimum Gasteiger partial charge on any atom is -0.324 e. The summed E-state index contributed by atoms with van der Waals surface area (Å²) >= 11 is 0. The second-order valence-electron chi connectivity index (χ2n) is 7.28. The van der Waals surface area contributed by atoms with E-state index in [2.05, 4.69) is 25.9 Å². The molecule has 0 spiro atoms. The summed E-state index contributed by atoms with van der Waals surface area (Å²) in [7, 11) is 4.71. The topological polar surface area (TPSA) is 3.24 Å².